The smallest absolute Gasteiger partial charge is 0.126 e. The Labute approximate surface area is 112 Å². The van der Waals surface area contributed by atoms with E-state index < -0.39 is 0 Å². The molecule has 0 aromatic heterocycles. The highest BCUT2D eigenvalue weighted by atomic mass is 16.5. The topological polar surface area (TPSA) is 35.2 Å². The fourth-order valence-corrected chi connectivity index (χ4v) is 2.18. The number of para-hydroxylation sites is 1. The zero-order valence-electron chi connectivity index (χ0n) is 12.0. The van der Waals surface area contributed by atoms with Crippen LogP contribution in [0.2, 0.25) is 0 Å². The second-order valence-corrected chi connectivity index (χ2v) is 4.99. The summed E-state index contributed by atoms with van der Waals surface area (Å²) in [5.74, 6) is 1.66. The molecule has 1 aromatic carbocycles. The summed E-state index contributed by atoms with van der Waals surface area (Å²) in [6.45, 7) is 7.92. The molecule has 1 unspecified atom stereocenters. The fraction of sp³-hybridized carbons (Fsp3) is 0.625. The van der Waals surface area contributed by atoms with Crippen LogP contribution in [0.15, 0.2) is 18.2 Å². The summed E-state index contributed by atoms with van der Waals surface area (Å²) in [5, 5.41) is 0. The maximum Gasteiger partial charge on any atom is 0.126 e. The van der Waals surface area contributed by atoms with Gasteiger partial charge in [0.15, 0.2) is 0 Å². The highest BCUT2D eigenvalue weighted by Crippen LogP contribution is 2.24. The number of hydrogen-bond acceptors (Lipinski definition) is 2. The molecule has 0 amide bonds. The molecule has 0 radical (unpaired) electrons. The summed E-state index contributed by atoms with van der Waals surface area (Å²) in [6.07, 6.45) is 5.00. The van der Waals surface area contributed by atoms with Crippen molar-refractivity contribution < 1.29 is 4.74 Å². The standard InChI is InChI=1S/C16H27NO/c1-4-6-9-14(5-2)12-18-16-13(3)8-7-10-15(16)11-17/h7-8,10,14H,4-6,9,11-12,17H2,1-3H3. The molecular weight excluding hydrogens is 222 g/mol. The fourth-order valence-electron chi connectivity index (χ4n) is 2.18. The van der Waals surface area contributed by atoms with Crippen molar-refractivity contribution in [2.45, 2.75) is 53.0 Å². The Kier molecular flexibility index (Phi) is 6.81. The Morgan fingerprint density at radius 2 is 2.06 bits per heavy atom. The molecule has 1 atom stereocenters. The lowest BCUT2D eigenvalue weighted by molar-refractivity contribution is 0.230. The molecule has 0 bridgehead atoms. The van der Waals surface area contributed by atoms with E-state index in [0.29, 0.717) is 12.5 Å². The monoisotopic (exact) mass is 249 g/mol. The first kappa shape index (κ1) is 15.0. The van der Waals surface area contributed by atoms with Gasteiger partial charge in [0.25, 0.3) is 0 Å². The summed E-state index contributed by atoms with van der Waals surface area (Å²) in [6, 6.07) is 6.18. The van der Waals surface area contributed by atoms with Crippen LogP contribution in [-0.4, -0.2) is 6.61 Å². The van der Waals surface area contributed by atoms with Gasteiger partial charge >= 0.3 is 0 Å². The van der Waals surface area contributed by atoms with E-state index in [0.717, 1.165) is 17.9 Å². The van der Waals surface area contributed by atoms with Crippen LogP contribution in [0.1, 0.15) is 50.7 Å². The zero-order valence-corrected chi connectivity index (χ0v) is 12.0. The minimum absolute atomic E-state index is 0.544. The predicted octanol–water partition coefficient (Wildman–Crippen LogP) is 4.05. The van der Waals surface area contributed by atoms with Gasteiger partial charge in [-0.2, -0.15) is 0 Å². The highest BCUT2D eigenvalue weighted by Gasteiger charge is 2.10. The molecule has 2 nitrogen and oxygen atoms in total. The van der Waals surface area contributed by atoms with Crippen LogP contribution in [0.3, 0.4) is 0 Å². The predicted molar refractivity (Wildman–Crippen MR) is 77.9 cm³/mol. The van der Waals surface area contributed by atoms with Gasteiger partial charge < -0.3 is 10.5 Å². The first-order valence-electron chi connectivity index (χ1n) is 7.14. The molecule has 2 N–H and O–H groups in total. The molecular formula is C16H27NO. The van der Waals surface area contributed by atoms with Crippen molar-refractivity contribution in [1.29, 1.82) is 0 Å². The quantitative estimate of drug-likeness (QED) is 0.754. The number of benzene rings is 1. The lowest BCUT2D eigenvalue weighted by atomic mass is 10.0. The van der Waals surface area contributed by atoms with Gasteiger partial charge in [-0.05, 0) is 24.8 Å². The van der Waals surface area contributed by atoms with Crippen LogP contribution in [-0.2, 0) is 6.54 Å². The van der Waals surface area contributed by atoms with Gasteiger partial charge in [0.05, 0.1) is 6.61 Å². The minimum Gasteiger partial charge on any atom is -0.493 e. The Hall–Kier alpha value is -1.02. The third kappa shape index (κ3) is 4.34. The van der Waals surface area contributed by atoms with Gasteiger partial charge in [0.1, 0.15) is 5.75 Å². The molecule has 0 aliphatic heterocycles. The van der Waals surface area contributed by atoms with E-state index in [1.165, 1.54) is 31.2 Å². The van der Waals surface area contributed by atoms with Crippen molar-refractivity contribution in [1.82, 2.24) is 0 Å². The Bertz CT molecular complexity index is 349. The Morgan fingerprint density at radius 3 is 2.67 bits per heavy atom. The molecule has 0 heterocycles. The average Bonchev–Trinajstić information content (AvgIpc) is 2.40. The third-order valence-electron chi connectivity index (χ3n) is 3.52. The van der Waals surface area contributed by atoms with Gasteiger partial charge in [-0.1, -0.05) is 51.3 Å². The maximum absolute atomic E-state index is 6.03. The number of rotatable bonds is 8. The lowest BCUT2D eigenvalue weighted by Gasteiger charge is -2.18. The lowest BCUT2D eigenvalue weighted by Crippen LogP contribution is -2.13. The van der Waals surface area contributed by atoms with Crippen LogP contribution < -0.4 is 10.5 Å². The highest BCUT2D eigenvalue weighted by molar-refractivity contribution is 5.40. The van der Waals surface area contributed by atoms with Crippen LogP contribution in [0.25, 0.3) is 0 Å². The van der Waals surface area contributed by atoms with Crippen molar-refractivity contribution in [3.05, 3.63) is 29.3 Å². The Morgan fingerprint density at radius 1 is 1.28 bits per heavy atom. The molecule has 18 heavy (non-hydrogen) atoms. The second-order valence-electron chi connectivity index (χ2n) is 4.99. The Balaban J connectivity index is 2.61. The van der Waals surface area contributed by atoms with Gasteiger partial charge in [-0.3, -0.25) is 0 Å². The molecule has 0 spiro atoms. The summed E-state index contributed by atoms with van der Waals surface area (Å²) >= 11 is 0. The molecule has 102 valence electrons. The van der Waals surface area contributed by atoms with E-state index >= 15 is 0 Å². The maximum atomic E-state index is 6.03. The largest absolute Gasteiger partial charge is 0.493 e. The summed E-state index contributed by atoms with van der Waals surface area (Å²) < 4.78 is 6.03. The molecule has 0 aliphatic carbocycles. The minimum atomic E-state index is 0.544. The normalized spacial score (nSPS) is 12.4. The van der Waals surface area contributed by atoms with E-state index in [2.05, 4.69) is 32.9 Å². The molecule has 0 saturated heterocycles. The van der Waals surface area contributed by atoms with Crippen molar-refractivity contribution in [3.63, 3.8) is 0 Å². The van der Waals surface area contributed by atoms with Gasteiger partial charge in [0, 0.05) is 12.1 Å². The summed E-state index contributed by atoms with van der Waals surface area (Å²) in [5.41, 5.74) is 8.05. The van der Waals surface area contributed by atoms with Crippen LogP contribution in [0.5, 0.6) is 5.75 Å². The number of ether oxygens (including phenoxy) is 1. The van der Waals surface area contributed by atoms with Crippen molar-refractivity contribution in [2.75, 3.05) is 6.61 Å². The number of hydrogen-bond donors (Lipinski definition) is 1. The van der Waals surface area contributed by atoms with E-state index in [1.54, 1.807) is 0 Å². The van der Waals surface area contributed by atoms with Crippen molar-refractivity contribution >= 4 is 0 Å². The first-order valence-corrected chi connectivity index (χ1v) is 7.14. The summed E-state index contributed by atoms with van der Waals surface area (Å²) in [7, 11) is 0. The SMILES string of the molecule is CCCCC(CC)COc1c(C)cccc1CN. The zero-order chi connectivity index (χ0) is 13.4. The molecule has 1 rings (SSSR count). The van der Waals surface area contributed by atoms with E-state index in [4.69, 9.17) is 10.5 Å². The van der Waals surface area contributed by atoms with Crippen LogP contribution >= 0.6 is 0 Å². The number of nitrogens with two attached hydrogens (primary N) is 1. The van der Waals surface area contributed by atoms with Gasteiger partial charge in [-0.15, -0.1) is 0 Å². The van der Waals surface area contributed by atoms with Crippen molar-refractivity contribution in [3.8, 4) is 5.75 Å². The second kappa shape index (κ2) is 8.15. The van der Waals surface area contributed by atoms with Gasteiger partial charge in [0.2, 0.25) is 0 Å². The molecule has 2 heteroatoms. The molecule has 0 saturated carbocycles. The molecule has 0 aliphatic rings. The average molecular weight is 249 g/mol. The van der Waals surface area contributed by atoms with Crippen LogP contribution in [0, 0.1) is 12.8 Å². The molecule has 0 fully saturated rings. The van der Waals surface area contributed by atoms with E-state index in [1.807, 2.05) is 6.07 Å². The summed E-state index contributed by atoms with van der Waals surface area (Å²) in [4.78, 5) is 0. The molecule has 1 aromatic rings. The number of aryl methyl sites for hydroxylation is 1. The number of unbranched alkanes of at least 4 members (excludes halogenated alkanes) is 1. The first-order chi connectivity index (χ1) is 8.72. The van der Waals surface area contributed by atoms with E-state index in [-0.39, 0.29) is 0 Å². The van der Waals surface area contributed by atoms with Crippen LogP contribution in [0.4, 0.5) is 0 Å². The van der Waals surface area contributed by atoms with Crippen molar-refractivity contribution in [2.24, 2.45) is 11.7 Å². The third-order valence-corrected chi connectivity index (χ3v) is 3.52. The van der Waals surface area contributed by atoms with Gasteiger partial charge in [-0.25, -0.2) is 0 Å². The van der Waals surface area contributed by atoms with E-state index in [9.17, 15) is 0 Å².